The molecular formula is C32H26Cl2N2O4. The van der Waals surface area contributed by atoms with Gasteiger partial charge in [-0.1, -0.05) is 47.5 Å². The van der Waals surface area contributed by atoms with Gasteiger partial charge in [-0.2, -0.15) is 0 Å². The minimum absolute atomic E-state index is 0.640. The monoisotopic (exact) mass is 572 g/mol. The van der Waals surface area contributed by atoms with Crippen LogP contribution in [0.4, 0.5) is 0 Å². The zero-order chi connectivity index (χ0) is 28.0. The topological polar surface area (TPSA) is 68.5 Å². The summed E-state index contributed by atoms with van der Waals surface area (Å²) in [6.07, 6.45) is 1.98. The molecule has 6 rings (SSSR count). The van der Waals surface area contributed by atoms with E-state index in [1.165, 1.54) is 0 Å². The van der Waals surface area contributed by atoms with E-state index >= 15 is 0 Å². The Balaban J connectivity index is 1.74. The number of fused-ring (bicyclic) bond motifs is 2. The Kier molecular flexibility index (Phi) is 6.74. The highest BCUT2D eigenvalue weighted by Crippen LogP contribution is 2.51. The third-order valence-corrected chi connectivity index (χ3v) is 7.66. The summed E-state index contributed by atoms with van der Waals surface area (Å²) in [5, 5.41) is 3.16. The number of halogens is 2. The van der Waals surface area contributed by atoms with Crippen molar-refractivity contribution in [3.05, 3.63) is 83.0 Å². The fraction of sp³-hybridized carbons (Fsp3) is 0.125. The Morgan fingerprint density at radius 3 is 1.80 bits per heavy atom. The quantitative estimate of drug-likeness (QED) is 0.200. The standard InChI is InChI=1S/C32H26Cl2N2O4/c1-37-21-13-23-29(24(14-21)38-2)27(18-7-11-20(34)12-8-18)32(36-23)30-26(40-4)15-25(39-3)28-22(16-35-31(28)30)17-5-9-19(33)10-6-17/h5-16,35-36H,1-4H3. The highest BCUT2D eigenvalue weighted by molar-refractivity contribution is 6.31. The molecule has 0 amide bonds. The van der Waals surface area contributed by atoms with Gasteiger partial charge in [0.15, 0.2) is 0 Å². The molecule has 0 aliphatic rings. The largest absolute Gasteiger partial charge is 0.497 e. The maximum atomic E-state index is 6.28. The number of hydrogen-bond acceptors (Lipinski definition) is 4. The Morgan fingerprint density at radius 2 is 1.20 bits per heavy atom. The molecule has 4 aromatic carbocycles. The normalized spacial score (nSPS) is 11.2. The van der Waals surface area contributed by atoms with Crippen LogP contribution in [-0.2, 0) is 0 Å². The number of methoxy groups -OCH3 is 4. The summed E-state index contributed by atoms with van der Waals surface area (Å²) >= 11 is 12.5. The zero-order valence-electron chi connectivity index (χ0n) is 22.3. The van der Waals surface area contributed by atoms with E-state index in [-0.39, 0.29) is 0 Å². The van der Waals surface area contributed by atoms with Gasteiger partial charge in [-0.15, -0.1) is 0 Å². The van der Waals surface area contributed by atoms with Gasteiger partial charge in [0.1, 0.15) is 23.0 Å². The molecule has 6 aromatic rings. The van der Waals surface area contributed by atoms with Crippen LogP contribution >= 0.6 is 23.2 Å². The van der Waals surface area contributed by atoms with Crippen molar-refractivity contribution in [2.75, 3.05) is 28.4 Å². The molecule has 2 heterocycles. The van der Waals surface area contributed by atoms with Crippen molar-refractivity contribution in [3.63, 3.8) is 0 Å². The first-order valence-electron chi connectivity index (χ1n) is 12.5. The van der Waals surface area contributed by atoms with E-state index in [4.69, 9.17) is 42.1 Å². The summed E-state index contributed by atoms with van der Waals surface area (Å²) in [5.41, 5.74) is 7.30. The van der Waals surface area contributed by atoms with Gasteiger partial charge < -0.3 is 28.9 Å². The summed E-state index contributed by atoms with van der Waals surface area (Å²) in [6.45, 7) is 0. The number of aromatic amines is 2. The van der Waals surface area contributed by atoms with Crippen LogP contribution < -0.4 is 18.9 Å². The second-order valence-corrected chi connectivity index (χ2v) is 10.1. The lowest BCUT2D eigenvalue weighted by molar-refractivity contribution is 0.398. The van der Waals surface area contributed by atoms with Gasteiger partial charge in [-0.25, -0.2) is 0 Å². The number of hydrogen-bond donors (Lipinski definition) is 2. The van der Waals surface area contributed by atoms with Gasteiger partial charge >= 0.3 is 0 Å². The van der Waals surface area contributed by atoms with Crippen molar-refractivity contribution < 1.29 is 18.9 Å². The zero-order valence-corrected chi connectivity index (χ0v) is 23.8. The van der Waals surface area contributed by atoms with E-state index in [0.717, 1.165) is 55.3 Å². The predicted molar refractivity (Wildman–Crippen MR) is 163 cm³/mol. The van der Waals surface area contributed by atoms with E-state index in [1.54, 1.807) is 28.4 Å². The molecule has 8 heteroatoms. The average Bonchev–Trinajstić information content (AvgIpc) is 3.59. The van der Waals surface area contributed by atoms with Crippen LogP contribution in [-0.4, -0.2) is 38.4 Å². The second-order valence-electron chi connectivity index (χ2n) is 9.25. The van der Waals surface area contributed by atoms with Crippen LogP contribution in [0.3, 0.4) is 0 Å². The molecule has 2 aromatic heterocycles. The van der Waals surface area contributed by atoms with Crippen molar-refractivity contribution in [1.29, 1.82) is 0 Å². The van der Waals surface area contributed by atoms with E-state index in [9.17, 15) is 0 Å². The maximum absolute atomic E-state index is 6.28. The first-order valence-corrected chi connectivity index (χ1v) is 13.3. The highest BCUT2D eigenvalue weighted by Gasteiger charge is 2.26. The van der Waals surface area contributed by atoms with Crippen molar-refractivity contribution in [2.45, 2.75) is 0 Å². The van der Waals surface area contributed by atoms with Gasteiger partial charge in [0.2, 0.25) is 0 Å². The lowest BCUT2D eigenvalue weighted by Gasteiger charge is -2.15. The molecule has 0 saturated heterocycles. The Hall–Kier alpha value is -4.26. The molecule has 202 valence electrons. The summed E-state index contributed by atoms with van der Waals surface area (Å²) in [6, 6.07) is 21.3. The SMILES string of the molecule is COc1cc(OC)c2c(-c3ccc(Cl)cc3)c(-c3c(OC)cc(OC)c4c(-c5ccc(Cl)cc5)c[nH]c34)[nH]c2c1. The number of benzene rings is 4. The molecule has 0 fully saturated rings. The third-order valence-electron chi connectivity index (χ3n) is 7.15. The summed E-state index contributed by atoms with van der Waals surface area (Å²) in [5.74, 6) is 2.68. The minimum Gasteiger partial charge on any atom is -0.497 e. The van der Waals surface area contributed by atoms with E-state index in [2.05, 4.69) is 9.97 Å². The van der Waals surface area contributed by atoms with Crippen molar-refractivity contribution >= 4 is 45.0 Å². The fourth-order valence-electron chi connectivity index (χ4n) is 5.33. The second kappa shape index (κ2) is 10.4. The number of rotatable bonds is 7. The molecule has 0 unspecified atom stereocenters. The first-order chi connectivity index (χ1) is 19.5. The number of nitrogens with one attached hydrogen (secondary N) is 2. The number of aromatic nitrogens is 2. The molecule has 40 heavy (non-hydrogen) atoms. The van der Waals surface area contributed by atoms with Gasteiger partial charge in [0.05, 0.1) is 61.5 Å². The van der Waals surface area contributed by atoms with Gasteiger partial charge in [0, 0.05) is 45.6 Å². The lowest BCUT2D eigenvalue weighted by Crippen LogP contribution is -1.95. The molecule has 0 aliphatic carbocycles. The Bertz CT molecular complexity index is 1860. The molecule has 0 atom stereocenters. The number of ether oxygens (including phenoxy) is 4. The van der Waals surface area contributed by atoms with Gasteiger partial charge in [0.25, 0.3) is 0 Å². The first kappa shape index (κ1) is 26.0. The van der Waals surface area contributed by atoms with Crippen LogP contribution in [0.15, 0.2) is 72.9 Å². The average molecular weight is 573 g/mol. The molecule has 0 saturated carbocycles. The molecule has 0 spiro atoms. The summed E-state index contributed by atoms with van der Waals surface area (Å²) < 4.78 is 23.3. The van der Waals surface area contributed by atoms with Gasteiger partial charge in [-0.3, -0.25) is 0 Å². The molecule has 0 radical (unpaired) electrons. The van der Waals surface area contributed by atoms with Crippen molar-refractivity contribution in [3.8, 4) is 56.5 Å². The van der Waals surface area contributed by atoms with Crippen LogP contribution in [0, 0.1) is 0 Å². The third kappa shape index (κ3) is 4.21. The molecule has 0 aliphatic heterocycles. The Morgan fingerprint density at radius 1 is 0.600 bits per heavy atom. The Labute approximate surface area is 241 Å². The number of H-pyrrole nitrogens is 2. The fourth-order valence-corrected chi connectivity index (χ4v) is 5.58. The predicted octanol–water partition coefficient (Wildman–Crippen LogP) is 8.99. The van der Waals surface area contributed by atoms with E-state index in [1.807, 2.05) is 72.9 Å². The van der Waals surface area contributed by atoms with Crippen LogP contribution in [0.5, 0.6) is 23.0 Å². The molecule has 2 N–H and O–H groups in total. The van der Waals surface area contributed by atoms with Gasteiger partial charge in [-0.05, 0) is 35.4 Å². The van der Waals surface area contributed by atoms with Crippen molar-refractivity contribution in [1.82, 2.24) is 9.97 Å². The molecule has 6 nitrogen and oxygen atoms in total. The van der Waals surface area contributed by atoms with Crippen LogP contribution in [0.25, 0.3) is 55.3 Å². The smallest absolute Gasteiger partial charge is 0.134 e. The van der Waals surface area contributed by atoms with Crippen LogP contribution in [0.2, 0.25) is 10.0 Å². The molecular weight excluding hydrogens is 547 g/mol. The van der Waals surface area contributed by atoms with E-state index < -0.39 is 0 Å². The van der Waals surface area contributed by atoms with Crippen molar-refractivity contribution in [2.24, 2.45) is 0 Å². The van der Waals surface area contributed by atoms with E-state index in [0.29, 0.717) is 33.0 Å². The minimum atomic E-state index is 0.640. The van der Waals surface area contributed by atoms with Crippen LogP contribution in [0.1, 0.15) is 0 Å². The molecule has 0 bridgehead atoms. The summed E-state index contributed by atoms with van der Waals surface area (Å²) in [7, 11) is 6.60. The summed E-state index contributed by atoms with van der Waals surface area (Å²) in [4.78, 5) is 7.16. The maximum Gasteiger partial charge on any atom is 0.134 e. The highest BCUT2D eigenvalue weighted by atomic mass is 35.5. The lowest BCUT2D eigenvalue weighted by atomic mass is 9.94.